The van der Waals surface area contributed by atoms with Crippen LogP contribution in [0.2, 0.25) is 0 Å². The number of hydrogen-bond donors (Lipinski definition) is 1. The van der Waals surface area contributed by atoms with Crippen LogP contribution >= 0.6 is 0 Å². The van der Waals surface area contributed by atoms with E-state index in [0.717, 1.165) is 50.4 Å². The topological polar surface area (TPSA) is 63.1 Å². The molecule has 2 aliphatic rings. The van der Waals surface area contributed by atoms with Crippen molar-refractivity contribution >= 4 is 5.91 Å². The molecule has 9 heteroatoms. The van der Waals surface area contributed by atoms with E-state index in [2.05, 4.69) is 45.8 Å². The van der Waals surface area contributed by atoms with Crippen LogP contribution in [0, 0.1) is 18.7 Å². The SMILES string of the molecule is CCC(CC1CCCN1CCC(NC(=O)C1CCC(F)(F)CC1)c1cccc(F)c1)n1c(C)nnc1C(C)C. The summed E-state index contributed by atoms with van der Waals surface area (Å²) in [5.74, 6) is -1.38. The van der Waals surface area contributed by atoms with E-state index in [9.17, 15) is 18.0 Å². The molecule has 1 N–H and O–H groups in total. The van der Waals surface area contributed by atoms with E-state index in [4.69, 9.17) is 0 Å². The number of aryl methyl sites for hydroxylation is 1. The van der Waals surface area contributed by atoms with E-state index in [0.29, 0.717) is 30.0 Å². The molecule has 2 fully saturated rings. The van der Waals surface area contributed by atoms with Crippen LogP contribution in [0.25, 0.3) is 0 Å². The Hall–Kier alpha value is -2.42. The Kier molecular flexibility index (Phi) is 9.73. The van der Waals surface area contributed by atoms with Crippen LogP contribution in [0.5, 0.6) is 0 Å². The number of carbonyl (C=O) groups is 1. The van der Waals surface area contributed by atoms with Gasteiger partial charge >= 0.3 is 0 Å². The van der Waals surface area contributed by atoms with Gasteiger partial charge in [0.25, 0.3) is 0 Å². The molecule has 1 aromatic carbocycles. The molecule has 4 rings (SSSR count). The van der Waals surface area contributed by atoms with Gasteiger partial charge in [0, 0.05) is 43.3 Å². The lowest BCUT2D eigenvalue weighted by atomic mass is 9.86. The number of aromatic nitrogens is 3. The van der Waals surface area contributed by atoms with Gasteiger partial charge in [0.15, 0.2) is 0 Å². The maximum absolute atomic E-state index is 14.1. The highest BCUT2D eigenvalue weighted by Gasteiger charge is 2.38. The summed E-state index contributed by atoms with van der Waals surface area (Å²) in [5, 5.41) is 11.9. The van der Waals surface area contributed by atoms with Crippen LogP contribution in [-0.4, -0.2) is 50.6 Å². The van der Waals surface area contributed by atoms with Crippen molar-refractivity contribution in [3.8, 4) is 0 Å². The monoisotopic (exact) mass is 547 g/mol. The Bertz CT molecular complexity index is 1090. The smallest absolute Gasteiger partial charge is 0.248 e. The standard InChI is InChI=1S/C30H44F3N5O/c1-5-25(38-21(4)35-36-28(38)20(2)3)19-26-10-7-16-37(26)17-13-27(23-8-6-9-24(31)18-23)34-29(39)22-11-14-30(32,33)15-12-22/h6,8-9,18,20,22,25-27H,5,7,10-17,19H2,1-4H3,(H,34,39). The second-order valence-electron chi connectivity index (χ2n) is 11.8. The van der Waals surface area contributed by atoms with Crippen molar-refractivity contribution in [2.45, 2.75) is 115 Å². The first kappa shape index (κ1) is 29.6. The largest absolute Gasteiger partial charge is 0.349 e. The molecular weight excluding hydrogens is 503 g/mol. The summed E-state index contributed by atoms with van der Waals surface area (Å²) in [6, 6.07) is 6.70. The molecular formula is C30H44F3N5O. The van der Waals surface area contributed by atoms with Gasteiger partial charge in [-0.2, -0.15) is 0 Å². The molecule has 1 aliphatic carbocycles. The number of benzene rings is 1. The van der Waals surface area contributed by atoms with Crippen molar-refractivity contribution in [2.75, 3.05) is 13.1 Å². The number of alkyl halides is 2. The van der Waals surface area contributed by atoms with Crippen molar-refractivity contribution in [2.24, 2.45) is 5.92 Å². The van der Waals surface area contributed by atoms with E-state index in [1.54, 1.807) is 6.07 Å². The third-order valence-electron chi connectivity index (χ3n) is 8.65. The molecule has 1 amide bonds. The summed E-state index contributed by atoms with van der Waals surface area (Å²) in [6.45, 7) is 10.3. The highest BCUT2D eigenvalue weighted by molar-refractivity contribution is 5.79. The van der Waals surface area contributed by atoms with E-state index in [1.165, 1.54) is 12.1 Å². The fraction of sp³-hybridized carbons (Fsp3) is 0.700. The molecule has 0 bridgehead atoms. The van der Waals surface area contributed by atoms with Gasteiger partial charge in [-0.05, 0) is 76.1 Å². The highest BCUT2D eigenvalue weighted by Crippen LogP contribution is 2.37. The Balaban J connectivity index is 1.43. The zero-order valence-electron chi connectivity index (χ0n) is 23.8. The summed E-state index contributed by atoms with van der Waals surface area (Å²) in [4.78, 5) is 15.6. The summed E-state index contributed by atoms with van der Waals surface area (Å²) >= 11 is 0. The van der Waals surface area contributed by atoms with Crippen LogP contribution < -0.4 is 5.32 Å². The predicted octanol–water partition coefficient (Wildman–Crippen LogP) is 6.73. The van der Waals surface area contributed by atoms with Crippen molar-refractivity contribution in [3.63, 3.8) is 0 Å². The molecule has 39 heavy (non-hydrogen) atoms. The first-order chi connectivity index (χ1) is 18.6. The van der Waals surface area contributed by atoms with Crippen LogP contribution in [0.4, 0.5) is 13.2 Å². The Morgan fingerprint density at radius 1 is 1.18 bits per heavy atom. The van der Waals surface area contributed by atoms with Crippen LogP contribution in [-0.2, 0) is 4.79 Å². The van der Waals surface area contributed by atoms with Gasteiger partial charge in [-0.25, -0.2) is 13.2 Å². The van der Waals surface area contributed by atoms with Crippen LogP contribution in [0.15, 0.2) is 24.3 Å². The normalized spacial score (nSPS) is 21.8. The average Bonchev–Trinajstić information content (AvgIpc) is 3.50. The lowest BCUT2D eigenvalue weighted by Gasteiger charge is -2.32. The van der Waals surface area contributed by atoms with Crippen LogP contribution in [0.3, 0.4) is 0 Å². The van der Waals surface area contributed by atoms with Crippen molar-refractivity contribution < 1.29 is 18.0 Å². The number of amides is 1. The first-order valence-electron chi connectivity index (χ1n) is 14.7. The van der Waals surface area contributed by atoms with E-state index in [1.807, 2.05) is 13.0 Å². The van der Waals surface area contributed by atoms with Gasteiger partial charge in [-0.1, -0.05) is 32.9 Å². The Morgan fingerprint density at radius 2 is 1.92 bits per heavy atom. The second-order valence-corrected chi connectivity index (χ2v) is 11.8. The number of nitrogens with zero attached hydrogens (tertiary/aromatic N) is 4. The predicted molar refractivity (Wildman–Crippen MR) is 146 cm³/mol. The zero-order valence-corrected chi connectivity index (χ0v) is 23.8. The van der Waals surface area contributed by atoms with E-state index in [-0.39, 0.29) is 43.4 Å². The number of nitrogens with one attached hydrogen (secondary N) is 1. The van der Waals surface area contributed by atoms with E-state index >= 15 is 0 Å². The number of halogens is 3. The molecule has 0 radical (unpaired) electrons. The van der Waals surface area contributed by atoms with Crippen molar-refractivity contribution in [1.82, 2.24) is 25.0 Å². The zero-order chi connectivity index (χ0) is 28.2. The quantitative estimate of drug-likeness (QED) is 0.339. The number of carbonyl (C=O) groups excluding carboxylic acids is 1. The Morgan fingerprint density at radius 3 is 2.59 bits per heavy atom. The minimum absolute atomic E-state index is 0.183. The molecule has 1 aromatic heterocycles. The molecule has 2 aromatic rings. The Labute approximate surface area is 230 Å². The maximum atomic E-state index is 14.1. The third kappa shape index (κ3) is 7.41. The lowest BCUT2D eigenvalue weighted by molar-refractivity contribution is -0.130. The van der Waals surface area contributed by atoms with E-state index < -0.39 is 11.8 Å². The molecule has 1 saturated heterocycles. The fourth-order valence-corrected chi connectivity index (χ4v) is 6.39. The van der Waals surface area contributed by atoms with Gasteiger partial charge in [0.1, 0.15) is 17.5 Å². The summed E-state index contributed by atoms with van der Waals surface area (Å²) < 4.78 is 43.7. The van der Waals surface area contributed by atoms with Gasteiger partial charge < -0.3 is 14.8 Å². The van der Waals surface area contributed by atoms with Crippen LogP contribution in [0.1, 0.15) is 114 Å². The van der Waals surface area contributed by atoms with Gasteiger partial charge in [-0.15, -0.1) is 10.2 Å². The molecule has 1 saturated carbocycles. The summed E-state index contributed by atoms with van der Waals surface area (Å²) in [7, 11) is 0. The molecule has 3 atom stereocenters. The average molecular weight is 548 g/mol. The number of hydrogen-bond acceptors (Lipinski definition) is 4. The minimum Gasteiger partial charge on any atom is -0.349 e. The number of rotatable bonds is 11. The molecule has 6 nitrogen and oxygen atoms in total. The summed E-state index contributed by atoms with van der Waals surface area (Å²) in [6.07, 6.45) is 4.71. The molecule has 2 heterocycles. The fourth-order valence-electron chi connectivity index (χ4n) is 6.39. The molecule has 3 unspecified atom stereocenters. The highest BCUT2D eigenvalue weighted by atomic mass is 19.3. The minimum atomic E-state index is -2.68. The van der Waals surface area contributed by atoms with Gasteiger partial charge in [-0.3, -0.25) is 4.79 Å². The van der Waals surface area contributed by atoms with Crippen molar-refractivity contribution in [1.29, 1.82) is 0 Å². The third-order valence-corrected chi connectivity index (χ3v) is 8.65. The second kappa shape index (κ2) is 12.8. The first-order valence-corrected chi connectivity index (χ1v) is 14.7. The van der Waals surface area contributed by atoms with Gasteiger partial charge in [0.05, 0.1) is 6.04 Å². The molecule has 0 spiro atoms. The molecule has 1 aliphatic heterocycles. The van der Waals surface area contributed by atoms with Crippen molar-refractivity contribution in [3.05, 3.63) is 47.3 Å². The van der Waals surface area contributed by atoms with Gasteiger partial charge in [0.2, 0.25) is 11.8 Å². The molecule has 216 valence electrons. The summed E-state index contributed by atoms with van der Waals surface area (Å²) in [5.41, 5.74) is 0.716. The lowest BCUT2D eigenvalue weighted by Crippen LogP contribution is -2.40. The number of likely N-dealkylation sites (tertiary alicyclic amines) is 1. The maximum Gasteiger partial charge on any atom is 0.248 e.